The summed E-state index contributed by atoms with van der Waals surface area (Å²) in [4.78, 5) is 27.9. The molecule has 0 bridgehead atoms. The summed E-state index contributed by atoms with van der Waals surface area (Å²) in [6, 6.07) is 17.1. The van der Waals surface area contributed by atoms with E-state index in [4.69, 9.17) is 27.6 Å². The lowest BCUT2D eigenvalue weighted by Crippen LogP contribution is -2.31. The first-order chi connectivity index (χ1) is 13.5. The Morgan fingerprint density at radius 2 is 1.50 bits per heavy atom. The van der Waals surface area contributed by atoms with Gasteiger partial charge in [0.1, 0.15) is 5.76 Å². The molecule has 2 amide bonds. The number of carbonyl (C=O) groups is 2. The Balaban J connectivity index is 1.74. The minimum absolute atomic E-state index is 0.355. The molecule has 7 heteroatoms. The van der Waals surface area contributed by atoms with E-state index >= 15 is 0 Å². The number of thioether (sulfide) groups is 1. The summed E-state index contributed by atoms with van der Waals surface area (Å²) >= 11 is 13.2. The van der Waals surface area contributed by atoms with Crippen LogP contribution in [0.5, 0.6) is 0 Å². The molecule has 1 aliphatic heterocycles. The monoisotopic (exact) mass is 429 g/mol. The summed E-state index contributed by atoms with van der Waals surface area (Å²) in [6.45, 7) is 0. The van der Waals surface area contributed by atoms with Crippen molar-refractivity contribution in [3.63, 3.8) is 0 Å². The minimum Gasteiger partial charge on any atom is -0.468 e. The number of carbonyl (C=O) groups excluding carboxylic acids is 2. The van der Waals surface area contributed by atoms with Crippen molar-refractivity contribution in [2.45, 2.75) is 5.75 Å². The van der Waals surface area contributed by atoms with Crippen molar-refractivity contribution < 1.29 is 14.0 Å². The van der Waals surface area contributed by atoms with E-state index in [1.165, 1.54) is 16.7 Å². The standard InChI is InChI=1S/C21H13Cl2NO3S/c22-14-5-3-13(4-6-14)18-19(28-12-17-2-1-11-27-17)21(26)24(20(18)25)16-9-7-15(23)8-10-16/h1-11H,12H2. The van der Waals surface area contributed by atoms with Gasteiger partial charge in [0, 0.05) is 10.0 Å². The van der Waals surface area contributed by atoms with Gasteiger partial charge in [-0.2, -0.15) is 0 Å². The fraction of sp³-hybridized carbons (Fsp3) is 0.0476. The quantitative estimate of drug-likeness (QED) is 0.480. The average molecular weight is 430 g/mol. The predicted molar refractivity (Wildman–Crippen MR) is 112 cm³/mol. The molecule has 2 aromatic carbocycles. The van der Waals surface area contributed by atoms with Gasteiger partial charge in [-0.05, 0) is 54.1 Å². The summed E-state index contributed by atoms with van der Waals surface area (Å²) in [5.74, 6) is 0.413. The molecule has 140 valence electrons. The summed E-state index contributed by atoms with van der Waals surface area (Å²) in [6.07, 6.45) is 1.58. The number of amides is 2. The second-order valence-corrected chi connectivity index (χ2v) is 7.86. The molecule has 0 radical (unpaired) electrons. The van der Waals surface area contributed by atoms with Crippen LogP contribution < -0.4 is 4.90 Å². The van der Waals surface area contributed by atoms with Crippen LogP contribution in [0.3, 0.4) is 0 Å². The molecule has 0 unspecified atom stereocenters. The van der Waals surface area contributed by atoms with Gasteiger partial charge < -0.3 is 4.42 Å². The smallest absolute Gasteiger partial charge is 0.272 e. The molecule has 4 rings (SSSR count). The predicted octanol–water partition coefficient (Wildman–Crippen LogP) is 5.80. The van der Waals surface area contributed by atoms with Gasteiger partial charge in [0.2, 0.25) is 0 Å². The lowest BCUT2D eigenvalue weighted by molar-refractivity contribution is -0.119. The first-order valence-corrected chi connectivity index (χ1v) is 10.1. The van der Waals surface area contributed by atoms with Gasteiger partial charge in [-0.3, -0.25) is 9.59 Å². The molecular weight excluding hydrogens is 417 g/mol. The Kier molecular flexibility index (Phi) is 5.31. The van der Waals surface area contributed by atoms with Crippen molar-refractivity contribution in [1.82, 2.24) is 0 Å². The molecule has 2 heterocycles. The summed E-state index contributed by atoms with van der Waals surface area (Å²) in [5, 5.41) is 1.08. The third-order valence-corrected chi connectivity index (χ3v) is 5.80. The molecule has 0 saturated carbocycles. The van der Waals surface area contributed by atoms with Crippen molar-refractivity contribution in [3.05, 3.63) is 93.2 Å². The van der Waals surface area contributed by atoms with Crippen LogP contribution in [-0.4, -0.2) is 11.8 Å². The van der Waals surface area contributed by atoms with E-state index in [-0.39, 0.29) is 11.8 Å². The molecule has 0 atom stereocenters. The van der Waals surface area contributed by atoms with Crippen molar-refractivity contribution in [3.8, 4) is 0 Å². The highest BCUT2D eigenvalue weighted by atomic mass is 35.5. The number of halogens is 2. The maximum Gasteiger partial charge on any atom is 0.272 e. The van der Waals surface area contributed by atoms with E-state index in [1.54, 1.807) is 60.9 Å². The molecule has 0 N–H and O–H groups in total. The fourth-order valence-electron chi connectivity index (χ4n) is 2.88. The van der Waals surface area contributed by atoms with Crippen LogP contribution in [0.25, 0.3) is 5.57 Å². The summed E-state index contributed by atoms with van der Waals surface area (Å²) in [7, 11) is 0. The van der Waals surface area contributed by atoms with Gasteiger partial charge in [0.05, 0.1) is 28.2 Å². The van der Waals surface area contributed by atoms with E-state index < -0.39 is 0 Å². The van der Waals surface area contributed by atoms with E-state index in [9.17, 15) is 9.59 Å². The lowest BCUT2D eigenvalue weighted by atomic mass is 10.1. The molecule has 3 aromatic rings. The minimum atomic E-state index is -0.378. The highest BCUT2D eigenvalue weighted by Crippen LogP contribution is 2.40. The lowest BCUT2D eigenvalue weighted by Gasteiger charge is -2.15. The number of hydrogen-bond donors (Lipinski definition) is 0. The number of benzene rings is 2. The number of nitrogens with zero attached hydrogens (tertiary/aromatic N) is 1. The third kappa shape index (κ3) is 3.61. The van der Waals surface area contributed by atoms with Crippen molar-refractivity contribution in [2.75, 3.05) is 4.90 Å². The van der Waals surface area contributed by atoms with Gasteiger partial charge in [-0.1, -0.05) is 35.3 Å². The molecule has 1 aliphatic rings. The second-order valence-electron chi connectivity index (χ2n) is 6.00. The van der Waals surface area contributed by atoms with Crippen LogP contribution >= 0.6 is 35.0 Å². The third-order valence-electron chi connectivity index (χ3n) is 4.20. The van der Waals surface area contributed by atoms with Crippen LogP contribution in [0.4, 0.5) is 5.69 Å². The SMILES string of the molecule is O=C1C(SCc2ccco2)=C(c2ccc(Cl)cc2)C(=O)N1c1ccc(Cl)cc1. The van der Waals surface area contributed by atoms with Crippen LogP contribution in [0.2, 0.25) is 10.0 Å². The average Bonchev–Trinajstić information content (AvgIpc) is 3.28. The largest absolute Gasteiger partial charge is 0.468 e. The van der Waals surface area contributed by atoms with Gasteiger partial charge >= 0.3 is 0 Å². The number of imide groups is 1. The number of anilines is 1. The highest BCUT2D eigenvalue weighted by molar-refractivity contribution is 8.03. The zero-order chi connectivity index (χ0) is 19.7. The number of hydrogen-bond acceptors (Lipinski definition) is 4. The first kappa shape index (κ1) is 18.9. The molecule has 0 spiro atoms. The first-order valence-electron chi connectivity index (χ1n) is 8.34. The highest BCUT2D eigenvalue weighted by Gasteiger charge is 2.40. The molecule has 4 nitrogen and oxygen atoms in total. The van der Waals surface area contributed by atoms with Gasteiger partial charge in [-0.15, -0.1) is 11.8 Å². The topological polar surface area (TPSA) is 50.5 Å². The summed E-state index contributed by atoms with van der Waals surface area (Å²) in [5.41, 5.74) is 1.47. The van der Waals surface area contributed by atoms with E-state index in [0.29, 0.717) is 37.5 Å². The Morgan fingerprint density at radius 3 is 2.11 bits per heavy atom. The maximum absolute atomic E-state index is 13.2. The van der Waals surface area contributed by atoms with E-state index in [1.807, 2.05) is 6.07 Å². The maximum atomic E-state index is 13.2. The zero-order valence-corrected chi connectivity index (χ0v) is 16.7. The normalized spacial score (nSPS) is 14.3. The van der Waals surface area contributed by atoms with E-state index in [0.717, 1.165) is 5.76 Å². The molecular formula is C21H13Cl2NO3S. The molecule has 28 heavy (non-hydrogen) atoms. The molecule has 0 saturated heterocycles. The zero-order valence-electron chi connectivity index (χ0n) is 14.4. The number of furan rings is 1. The van der Waals surface area contributed by atoms with Gasteiger partial charge in [0.15, 0.2) is 0 Å². The van der Waals surface area contributed by atoms with Crippen molar-refractivity contribution in [2.24, 2.45) is 0 Å². The Morgan fingerprint density at radius 1 is 0.857 bits per heavy atom. The van der Waals surface area contributed by atoms with Crippen molar-refractivity contribution in [1.29, 1.82) is 0 Å². The number of rotatable bonds is 5. The Hall–Kier alpha value is -2.47. The molecule has 1 aromatic heterocycles. The fourth-order valence-corrected chi connectivity index (χ4v) is 4.14. The van der Waals surface area contributed by atoms with Crippen LogP contribution in [-0.2, 0) is 15.3 Å². The Labute approximate surface area is 175 Å². The van der Waals surface area contributed by atoms with Gasteiger partial charge in [-0.25, -0.2) is 4.90 Å². The summed E-state index contributed by atoms with van der Waals surface area (Å²) < 4.78 is 5.35. The molecule has 0 aliphatic carbocycles. The van der Waals surface area contributed by atoms with Crippen LogP contribution in [0.15, 0.2) is 76.2 Å². The van der Waals surface area contributed by atoms with E-state index in [2.05, 4.69) is 0 Å². The van der Waals surface area contributed by atoms with Gasteiger partial charge in [0.25, 0.3) is 11.8 Å². The second kappa shape index (κ2) is 7.87. The Bertz CT molecular complexity index is 1060. The van der Waals surface area contributed by atoms with Crippen LogP contribution in [0.1, 0.15) is 11.3 Å². The van der Waals surface area contributed by atoms with Crippen molar-refractivity contribution >= 4 is 58.0 Å². The molecule has 0 fully saturated rings. The van der Waals surface area contributed by atoms with Crippen LogP contribution in [0, 0.1) is 0 Å².